The van der Waals surface area contributed by atoms with E-state index in [9.17, 15) is 4.79 Å². The first kappa shape index (κ1) is 23.1. The van der Waals surface area contributed by atoms with E-state index < -0.39 is 0 Å². The maximum Gasteiger partial charge on any atom is 0.253 e. The Morgan fingerprint density at radius 3 is 2.68 bits per heavy atom. The van der Waals surface area contributed by atoms with Crippen molar-refractivity contribution in [2.45, 2.75) is 13.5 Å². The molecule has 0 saturated heterocycles. The fourth-order valence-corrected chi connectivity index (χ4v) is 3.62. The van der Waals surface area contributed by atoms with E-state index in [1.54, 1.807) is 0 Å². The summed E-state index contributed by atoms with van der Waals surface area (Å²) >= 11 is 11.8. The Morgan fingerprint density at radius 1 is 1.16 bits per heavy atom. The number of H-pyrrole nitrogens is 1. The highest BCUT2D eigenvalue weighted by molar-refractivity contribution is 7.80. The van der Waals surface area contributed by atoms with Crippen LogP contribution < -0.4 is 15.6 Å². The Labute approximate surface area is 192 Å². The number of benzene rings is 2. The van der Waals surface area contributed by atoms with Crippen molar-refractivity contribution in [3.05, 3.63) is 69.5 Å². The van der Waals surface area contributed by atoms with Gasteiger partial charge < -0.3 is 24.8 Å². The number of halogens is 1. The number of pyridine rings is 1. The van der Waals surface area contributed by atoms with E-state index in [1.165, 1.54) is 0 Å². The second kappa shape index (κ2) is 10.6. The second-order valence-electron chi connectivity index (χ2n) is 7.47. The van der Waals surface area contributed by atoms with Gasteiger partial charge in [-0.05, 0) is 75.7 Å². The number of ether oxygens (including phenoxy) is 1. The van der Waals surface area contributed by atoms with Gasteiger partial charge in [0.25, 0.3) is 5.56 Å². The number of likely N-dealkylation sites (N-methyl/N-ethyl adjacent to an activating group) is 1. The summed E-state index contributed by atoms with van der Waals surface area (Å²) in [4.78, 5) is 19.8. The summed E-state index contributed by atoms with van der Waals surface area (Å²) < 4.78 is 5.59. The normalized spacial score (nSPS) is 11.0. The van der Waals surface area contributed by atoms with Crippen molar-refractivity contribution in [3.8, 4) is 5.75 Å². The Balaban J connectivity index is 1.87. The van der Waals surface area contributed by atoms with E-state index in [0.29, 0.717) is 35.4 Å². The predicted molar refractivity (Wildman–Crippen MR) is 132 cm³/mol. The molecule has 1 aromatic heterocycles. The average Bonchev–Trinajstić information content (AvgIpc) is 2.71. The molecule has 164 valence electrons. The average molecular weight is 459 g/mol. The van der Waals surface area contributed by atoms with E-state index in [2.05, 4.69) is 15.2 Å². The number of fused-ring (bicyclic) bond motifs is 1. The Hall–Kier alpha value is -2.61. The van der Waals surface area contributed by atoms with Crippen LogP contribution in [0.15, 0.2) is 53.3 Å². The topological polar surface area (TPSA) is 60.6 Å². The number of anilines is 1. The van der Waals surface area contributed by atoms with Crippen LogP contribution in [0.5, 0.6) is 5.75 Å². The number of nitrogens with zero attached hydrogens (tertiary/aromatic N) is 2. The summed E-state index contributed by atoms with van der Waals surface area (Å²) in [7, 11) is 4.01. The van der Waals surface area contributed by atoms with Gasteiger partial charge in [0, 0.05) is 40.3 Å². The minimum absolute atomic E-state index is 0.128. The summed E-state index contributed by atoms with van der Waals surface area (Å²) in [5, 5.41) is 5.31. The lowest BCUT2D eigenvalue weighted by atomic mass is 10.1. The molecule has 0 spiro atoms. The van der Waals surface area contributed by atoms with Gasteiger partial charge in [-0.3, -0.25) is 4.79 Å². The monoisotopic (exact) mass is 458 g/mol. The number of nitrogens with one attached hydrogen (secondary N) is 2. The molecular formula is C23H27ClN4O2S. The maximum atomic E-state index is 12.7. The summed E-state index contributed by atoms with van der Waals surface area (Å²) in [5.41, 5.74) is 2.09. The zero-order valence-corrected chi connectivity index (χ0v) is 19.5. The van der Waals surface area contributed by atoms with E-state index in [-0.39, 0.29) is 5.56 Å². The molecule has 6 nitrogen and oxygen atoms in total. The molecule has 0 radical (unpaired) electrons. The van der Waals surface area contributed by atoms with Crippen LogP contribution in [0.4, 0.5) is 5.69 Å². The Kier molecular flexibility index (Phi) is 7.90. The molecule has 0 aliphatic heterocycles. The molecule has 31 heavy (non-hydrogen) atoms. The Morgan fingerprint density at radius 2 is 1.97 bits per heavy atom. The molecule has 3 aromatic rings. The number of aromatic nitrogens is 1. The van der Waals surface area contributed by atoms with Gasteiger partial charge in [-0.15, -0.1) is 0 Å². The molecule has 0 amide bonds. The predicted octanol–water partition coefficient (Wildman–Crippen LogP) is 4.34. The van der Waals surface area contributed by atoms with Gasteiger partial charge in [0.1, 0.15) is 5.75 Å². The number of rotatable bonds is 8. The highest BCUT2D eigenvalue weighted by Gasteiger charge is 2.14. The van der Waals surface area contributed by atoms with Crippen molar-refractivity contribution in [3.63, 3.8) is 0 Å². The fourth-order valence-electron chi connectivity index (χ4n) is 3.15. The standard InChI is InChI=1S/C23H27ClN4O2S/c1-4-30-20-8-9-21-16(13-20)12-17(22(29)26-21)15-28(11-10-27(2)3)23(31)25-19-7-5-6-18(24)14-19/h5-9,12-14H,4,10-11,15H2,1-3H3,(H,25,31)(H,26,29). The van der Waals surface area contributed by atoms with Gasteiger partial charge in [-0.2, -0.15) is 0 Å². The fraction of sp³-hybridized carbons (Fsp3) is 0.304. The zero-order valence-electron chi connectivity index (χ0n) is 17.9. The van der Waals surface area contributed by atoms with Crippen molar-refractivity contribution in [1.82, 2.24) is 14.8 Å². The summed E-state index contributed by atoms with van der Waals surface area (Å²) in [5.74, 6) is 0.774. The summed E-state index contributed by atoms with van der Waals surface area (Å²) in [6, 6.07) is 14.9. The van der Waals surface area contributed by atoms with Gasteiger partial charge in [-0.1, -0.05) is 17.7 Å². The second-order valence-corrected chi connectivity index (χ2v) is 8.29. The molecule has 1 heterocycles. The van der Waals surface area contributed by atoms with Crippen LogP contribution >= 0.6 is 23.8 Å². The first-order valence-electron chi connectivity index (χ1n) is 10.1. The molecule has 0 fully saturated rings. The minimum atomic E-state index is -0.128. The number of hydrogen-bond donors (Lipinski definition) is 2. The highest BCUT2D eigenvalue weighted by atomic mass is 35.5. The van der Waals surface area contributed by atoms with Gasteiger partial charge in [0.15, 0.2) is 5.11 Å². The van der Waals surface area contributed by atoms with E-state index in [4.69, 9.17) is 28.6 Å². The van der Waals surface area contributed by atoms with Crippen molar-refractivity contribution in [1.29, 1.82) is 0 Å². The van der Waals surface area contributed by atoms with Crippen LogP contribution in [0.2, 0.25) is 5.02 Å². The van der Waals surface area contributed by atoms with Gasteiger partial charge in [-0.25, -0.2) is 0 Å². The number of aromatic amines is 1. The van der Waals surface area contributed by atoms with Gasteiger partial charge in [0.2, 0.25) is 0 Å². The third-order valence-corrected chi connectivity index (χ3v) is 5.34. The van der Waals surface area contributed by atoms with Crippen LogP contribution in [-0.4, -0.2) is 53.7 Å². The third kappa shape index (κ3) is 6.43. The third-order valence-electron chi connectivity index (χ3n) is 4.75. The van der Waals surface area contributed by atoms with E-state index in [0.717, 1.165) is 28.9 Å². The quantitative estimate of drug-likeness (QED) is 0.489. The van der Waals surface area contributed by atoms with Crippen molar-refractivity contribution in [2.75, 3.05) is 39.1 Å². The lowest BCUT2D eigenvalue weighted by molar-refractivity contribution is 0.327. The van der Waals surface area contributed by atoms with E-state index >= 15 is 0 Å². The molecule has 2 N–H and O–H groups in total. The van der Waals surface area contributed by atoms with Crippen LogP contribution in [0.3, 0.4) is 0 Å². The van der Waals surface area contributed by atoms with Crippen LogP contribution in [-0.2, 0) is 6.54 Å². The Bertz CT molecular complexity index is 1120. The molecule has 2 aromatic carbocycles. The molecule has 0 atom stereocenters. The van der Waals surface area contributed by atoms with Gasteiger partial charge in [0.05, 0.1) is 13.2 Å². The molecule has 0 unspecified atom stereocenters. The molecule has 0 aliphatic carbocycles. The highest BCUT2D eigenvalue weighted by Crippen LogP contribution is 2.20. The summed E-state index contributed by atoms with van der Waals surface area (Å²) in [6.07, 6.45) is 0. The summed E-state index contributed by atoms with van der Waals surface area (Å²) in [6.45, 7) is 4.36. The first-order valence-corrected chi connectivity index (χ1v) is 10.9. The van der Waals surface area contributed by atoms with Crippen molar-refractivity contribution < 1.29 is 4.74 Å². The lowest BCUT2D eigenvalue weighted by Gasteiger charge is -2.27. The number of hydrogen-bond acceptors (Lipinski definition) is 4. The molecule has 0 saturated carbocycles. The van der Waals surface area contributed by atoms with Crippen LogP contribution in [0.25, 0.3) is 10.9 Å². The van der Waals surface area contributed by atoms with Gasteiger partial charge >= 0.3 is 0 Å². The van der Waals surface area contributed by atoms with E-state index in [1.807, 2.05) is 74.4 Å². The SMILES string of the molecule is CCOc1ccc2[nH]c(=O)c(CN(CCN(C)C)C(=S)Nc3cccc(Cl)c3)cc2c1. The van der Waals surface area contributed by atoms with Crippen molar-refractivity contribution in [2.24, 2.45) is 0 Å². The first-order chi connectivity index (χ1) is 14.9. The lowest BCUT2D eigenvalue weighted by Crippen LogP contribution is -2.40. The molecule has 0 bridgehead atoms. The largest absolute Gasteiger partial charge is 0.494 e. The molecular weight excluding hydrogens is 432 g/mol. The minimum Gasteiger partial charge on any atom is -0.494 e. The maximum absolute atomic E-state index is 12.7. The molecule has 3 rings (SSSR count). The number of thiocarbonyl (C=S) groups is 1. The zero-order chi connectivity index (χ0) is 22.4. The van der Waals surface area contributed by atoms with Crippen LogP contribution in [0, 0.1) is 0 Å². The van der Waals surface area contributed by atoms with Crippen molar-refractivity contribution >= 4 is 45.5 Å². The molecule has 0 aliphatic rings. The molecule has 8 heteroatoms. The van der Waals surface area contributed by atoms with Crippen LogP contribution in [0.1, 0.15) is 12.5 Å². The smallest absolute Gasteiger partial charge is 0.253 e.